The van der Waals surface area contributed by atoms with Crippen LogP contribution in [0.4, 0.5) is 10.3 Å². The Labute approximate surface area is 187 Å². The van der Waals surface area contributed by atoms with Crippen molar-refractivity contribution in [2.45, 2.75) is 39.7 Å². The first kappa shape index (κ1) is 21.7. The molecule has 0 bridgehead atoms. The van der Waals surface area contributed by atoms with Crippen LogP contribution in [0.5, 0.6) is 0 Å². The summed E-state index contributed by atoms with van der Waals surface area (Å²) in [6.45, 7) is 5.44. The van der Waals surface area contributed by atoms with Crippen LogP contribution in [0.2, 0.25) is 0 Å². The normalized spacial score (nSPS) is 13.3. The molecule has 1 aliphatic rings. The molecule has 3 aromatic rings. The summed E-state index contributed by atoms with van der Waals surface area (Å²) >= 11 is 0. The van der Waals surface area contributed by atoms with E-state index in [4.69, 9.17) is 0 Å². The van der Waals surface area contributed by atoms with Crippen LogP contribution < -0.4 is 5.32 Å². The van der Waals surface area contributed by atoms with Crippen LogP contribution in [0.15, 0.2) is 54.7 Å². The summed E-state index contributed by atoms with van der Waals surface area (Å²) in [5.74, 6) is -0.348. The topological polar surface area (TPSA) is 67.2 Å². The van der Waals surface area contributed by atoms with Crippen LogP contribution in [0, 0.1) is 18.7 Å². The Morgan fingerprint density at radius 3 is 2.53 bits per heavy atom. The molecule has 7 heteroatoms. The molecule has 0 saturated heterocycles. The molecule has 6 nitrogen and oxygen atoms in total. The van der Waals surface area contributed by atoms with E-state index in [1.807, 2.05) is 44.2 Å². The van der Waals surface area contributed by atoms with Gasteiger partial charge in [-0.15, -0.1) is 0 Å². The maximum atomic E-state index is 14.3. The van der Waals surface area contributed by atoms with E-state index in [0.717, 1.165) is 18.4 Å². The number of amides is 2. The Bertz CT molecular complexity index is 1140. The molecule has 2 aromatic carbocycles. The molecule has 1 saturated carbocycles. The zero-order valence-corrected chi connectivity index (χ0v) is 18.5. The maximum absolute atomic E-state index is 14.3. The summed E-state index contributed by atoms with van der Waals surface area (Å²) in [4.78, 5) is 31.7. The zero-order chi connectivity index (χ0) is 22.8. The summed E-state index contributed by atoms with van der Waals surface area (Å²) in [5, 5.41) is 2.83. The highest BCUT2D eigenvalue weighted by Crippen LogP contribution is 2.31. The van der Waals surface area contributed by atoms with Gasteiger partial charge in [0.05, 0.1) is 11.4 Å². The smallest absolute Gasteiger partial charge is 0.246 e. The third-order valence-corrected chi connectivity index (χ3v) is 5.61. The van der Waals surface area contributed by atoms with E-state index in [-0.39, 0.29) is 42.1 Å². The molecule has 0 spiro atoms. The van der Waals surface area contributed by atoms with Gasteiger partial charge in [0.15, 0.2) is 0 Å². The van der Waals surface area contributed by atoms with Crippen LogP contribution in [-0.4, -0.2) is 38.9 Å². The van der Waals surface area contributed by atoms with E-state index < -0.39 is 0 Å². The predicted molar refractivity (Wildman–Crippen MR) is 122 cm³/mol. The van der Waals surface area contributed by atoms with Gasteiger partial charge in [0, 0.05) is 23.7 Å². The molecule has 4 rings (SSSR count). The Hall–Kier alpha value is -3.48. The monoisotopic (exact) mass is 434 g/mol. The number of nitrogens with one attached hydrogen (secondary N) is 1. The molecular weight excluding hydrogens is 407 g/mol. The third kappa shape index (κ3) is 4.72. The van der Waals surface area contributed by atoms with E-state index in [9.17, 15) is 14.0 Å². The highest BCUT2D eigenvalue weighted by atomic mass is 19.1. The van der Waals surface area contributed by atoms with Gasteiger partial charge >= 0.3 is 0 Å². The number of aromatic nitrogens is 2. The fourth-order valence-corrected chi connectivity index (χ4v) is 3.54. The van der Waals surface area contributed by atoms with Crippen molar-refractivity contribution in [3.63, 3.8) is 0 Å². The maximum Gasteiger partial charge on any atom is 0.246 e. The first-order chi connectivity index (χ1) is 15.3. The molecule has 0 radical (unpaired) electrons. The second-order valence-corrected chi connectivity index (χ2v) is 8.50. The van der Waals surface area contributed by atoms with Gasteiger partial charge < -0.3 is 4.90 Å². The van der Waals surface area contributed by atoms with Gasteiger partial charge in [0.1, 0.15) is 12.4 Å². The second kappa shape index (κ2) is 8.94. The number of halogens is 1. The standard InChI is InChI=1S/C25H27FN4O2/c1-16(2)29(24(32)19-10-11-19)15-23(31)28-25-27-22(18-7-5-4-6-8-18)14-30(25)20-12-9-17(3)21(26)13-20/h4-9,12-14,16,19H,10-11,15H2,1-3H3,(H,27,28,31). The lowest BCUT2D eigenvalue weighted by atomic mass is 10.2. The SMILES string of the molecule is Cc1ccc(-n2cc(-c3ccccc3)nc2NC(=O)CN(C(=O)C2CC2)C(C)C)cc1F. The number of anilines is 1. The number of carbonyl (C=O) groups excluding carboxylic acids is 2. The van der Waals surface area contributed by atoms with Crippen molar-refractivity contribution in [2.24, 2.45) is 5.92 Å². The molecule has 1 fully saturated rings. The van der Waals surface area contributed by atoms with Gasteiger partial charge in [-0.2, -0.15) is 0 Å². The van der Waals surface area contributed by atoms with Crippen molar-refractivity contribution in [2.75, 3.05) is 11.9 Å². The van der Waals surface area contributed by atoms with E-state index in [1.54, 1.807) is 34.7 Å². The minimum absolute atomic E-state index is 0.0177. The van der Waals surface area contributed by atoms with Gasteiger partial charge in [0.2, 0.25) is 17.8 Å². The molecule has 2 amide bonds. The van der Waals surface area contributed by atoms with Crippen molar-refractivity contribution in [3.05, 3.63) is 66.1 Å². The lowest BCUT2D eigenvalue weighted by Crippen LogP contribution is -2.43. The van der Waals surface area contributed by atoms with Gasteiger partial charge in [0.25, 0.3) is 0 Å². The fourth-order valence-electron chi connectivity index (χ4n) is 3.54. The third-order valence-electron chi connectivity index (χ3n) is 5.61. The lowest BCUT2D eigenvalue weighted by molar-refractivity contribution is -0.137. The minimum Gasteiger partial charge on any atom is -0.331 e. The van der Waals surface area contributed by atoms with E-state index in [0.29, 0.717) is 16.9 Å². The Balaban J connectivity index is 1.64. The number of rotatable bonds is 7. The molecule has 0 atom stereocenters. The number of imidazole rings is 1. The molecule has 166 valence electrons. The van der Waals surface area contributed by atoms with Crippen molar-refractivity contribution in [3.8, 4) is 16.9 Å². The molecule has 32 heavy (non-hydrogen) atoms. The van der Waals surface area contributed by atoms with Crippen LogP contribution in [0.3, 0.4) is 0 Å². The fraction of sp³-hybridized carbons (Fsp3) is 0.320. The molecular formula is C25H27FN4O2. The molecule has 1 aliphatic carbocycles. The van der Waals surface area contributed by atoms with Crippen LogP contribution in [0.1, 0.15) is 32.3 Å². The minimum atomic E-state index is -0.341. The highest BCUT2D eigenvalue weighted by molar-refractivity contribution is 5.94. The molecule has 1 heterocycles. The average molecular weight is 435 g/mol. The van der Waals surface area contributed by atoms with Crippen LogP contribution in [0.25, 0.3) is 16.9 Å². The van der Waals surface area contributed by atoms with Crippen molar-refractivity contribution < 1.29 is 14.0 Å². The molecule has 1 N–H and O–H groups in total. The first-order valence-corrected chi connectivity index (χ1v) is 10.8. The largest absolute Gasteiger partial charge is 0.331 e. The average Bonchev–Trinajstić information content (AvgIpc) is 3.54. The van der Waals surface area contributed by atoms with Gasteiger partial charge in [-0.1, -0.05) is 36.4 Å². The summed E-state index contributed by atoms with van der Waals surface area (Å²) in [7, 11) is 0. The van der Waals surface area contributed by atoms with Crippen molar-refractivity contribution >= 4 is 17.8 Å². The quantitative estimate of drug-likeness (QED) is 0.592. The van der Waals surface area contributed by atoms with Crippen LogP contribution >= 0.6 is 0 Å². The zero-order valence-electron chi connectivity index (χ0n) is 18.5. The summed E-state index contributed by atoms with van der Waals surface area (Å²) in [6, 6.07) is 14.4. The number of nitrogens with zero attached hydrogens (tertiary/aromatic N) is 3. The summed E-state index contributed by atoms with van der Waals surface area (Å²) in [5.41, 5.74) is 2.61. The number of aryl methyl sites for hydroxylation is 1. The Kier molecular flexibility index (Phi) is 6.08. The number of hydrogen-bond acceptors (Lipinski definition) is 3. The Morgan fingerprint density at radius 2 is 1.91 bits per heavy atom. The van der Waals surface area contributed by atoms with Gasteiger partial charge in [-0.05, 0) is 51.3 Å². The second-order valence-electron chi connectivity index (χ2n) is 8.50. The number of carbonyl (C=O) groups is 2. The lowest BCUT2D eigenvalue weighted by Gasteiger charge is -2.26. The Morgan fingerprint density at radius 1 is 1.19 bits per heavy atom. The number of benzene rings is 2. The first-order valence-electron chi connectivity index (χ1n) is 10.8. The predicted octanol–water partition coefficient (Wildman–Crippen LogP) is 4.57. The van der Waals surface area contributed by atoms with Gasteiger partial charge in [-0.3, -0.25) is 19.5 Å². The molecule has 0 aliphatic heterocycles. The van der Waals surface area contributed by atoms with E-state index in [1.165, 1.54) is 6.07 Å². The van der Waals surface area contributed by atoms with E-state index in [2.05, 4.69) is 10.3 Å². The molecule has 0 unspecified atom stereocenters. The van der Waals surface area contributed by atoms with Crippen LogP contribution in [-0.2, 0) is 9.59 Å². The van der Waals surface area contributed by atoms with Crippen molar-refractivity contribution in [1.29, 1.82) is 0 Å². The van der Waals surface area contributed by atoms with E-state index >= 15 is 0 Å². The molecule has 1 aromatic heterocycles. The summed E-state index contributed by atoms with van der Waals surface area (Å²) in [6.07, 6.45) is 3.53. The highest BCUT2D eigenvalue weighted by Gasteiger charge is 2.35. The van der Waals surface area contributed by atoms with Gasteiger partial charge in [-0.25, -0.2) is 9.37 Å². The van der Waals surface area contributed by atoms with Crippen molar-refractivity contribution in [1.82, 2.24) is 14.5 Å². The number of hydrogen-bond donors (Lipinski definition) is 1. The summed E-state index contributed by atoms with van der Waals surface area (Å²) < 4.78 is 15.9.